The van der Waals surface area contributed by atoms with Crippen LogP contribution >= 0.6 is 0 Å². The average Bonchev–Trinajstić information content (AvgIpc) is 3.08. The van der Waals surface area contributed by atoms with Gasteiger partial charge in [-0.3, -0.25) is 4.79 Å². The first-order chi connectivity index (χ1) is 12.2. The van der Waals surface area contributed by atoms with Crippen molar-refractivity contribution in [2.75, 3.05) is 12.3 Å². The Morgan fingerprint density at radius 3 is 2.72 bits per heavy atom. The van der Waals surface area contributed by atoms with E-state index in [1.165, 1.54) is 6.20 Å². The highest BCUT2D eigenvalue weighted by atomic mass is 16.6. The van der Waals surface area contributed by atoms with E-state index in [-0.39, 0.29) is 22.4 Å². The summed E-state index contributed by atoms with van der Waals surface area (Å²) in [5.74, 6) is -0.410. The number of nitrogens with zero attached hydrogens (tertiary/aromatic N) is 3. The minimum atomic E-state index is -2.23. The smallest absolute Gasteiger partial charge is 0.251 e. The largest absolute Gasteiger partial charge is 0.394 e. The number of amides is 1. The fraction of sp³-hybridized carbons (Fsp3) is 0.533. The van der Waals surface area contributed by atoms with E-state index in [1.54, 1.807) is 0 Å². The van der Waals surface area contributed by atoms with E-state index in [4.69, 9.17) is 17.6 Å². The molecule has 1 aliphatic heterocycles. The summed E-state index contributed by atoms with van der Waals surface area (Å²) in [5, 5.41) is 29.8. The Hall–Kier alpha value is -2.27. The number of anilines is 1. The molecule has 7 N–H and O–H groups in total. The summed E-state index contributed by atoms with van der Waals surface area (Å²) in [4.78, 5) is 20.3. The molecule has 2 aromatic rings. The van der Waals surface area contributed by atoms with Crippen molar-refractivity contribution < 1.29 is 26.2 Å². The van der Waals surface area contributed by atoms with Gasteiger partial charge in [-0.15, -0.1) is 0 Å². The van der Waals surface area contributed by atoms with Crippen molar-refractivity contribution in [3.8, 4) is 0 Å². The van der Waals surface area contributed by atoms with Crippen LogP contribution in [-0.4, -0.2) is 60.7 Å². The zero-order chi connectivity index (χ0) is 19.2. The van der Waals surface area contributed by atoms with Gasteiger partial charge in [0.15, 0.2) is 6.20 Å². The Morgan fingerprint density at radius 2 is 2.16 bits per heavy atom. The summed E-state index contributed by atoms with van der Waals surface area (Å²) in [5.41, 5.74) is 11.4. The van der Waals surface area contributed by atoms with Crippen LogP contribution in [0, 0.1) is 0 Å². The minimum absolute atomic E-state index is 0.0151. The molecule has 0 aliphatic carbocycles. The summed E-state index contributed by atoms with van der Waals surface area (Å²) < 4.78 is 15.0. The molecule has 1 fully saturated rings. The van der Waals surface area contributed by atoms with Gasteiger partial charge in [0.25, 0.3) is 5.91 Å². The predicted molar refractivity (Wildman–Crippen MR) is 87.5 cm³/mol. The average molecular weight is 352 g/mol. The molecule has 10 nitrogen and oxygen atoms in total. The predicted octanol–water partition coefficient (Wildman–Crippen LogP) is -1.32. The number of aromatic nitrogens is 3. The second-order valence-electron chi connectivity index (χ2n) is 5.86. The Bertz CT molecular complexity index is 859. The summed E-state index contributed by atoms with van der Waals surface area (Å²) in [6, 6.07) is 0. The lowest BCUT2D eigenvalue weighted by atomic mass is 10.1. The van der Waals surface area contributed by atoms with E-state index in [1.807, 2.05) is 6.92 Å². The molecular weight excluding hydrogens is 330 g/mol. The third kappa shape index (κ3) is 2.82. The molecule has 0 saturated carbocycles. The zero-order valence-electron chi connectivity index (χ0n) is 14.6. The molecule has 1 aliphatic rings. The van der Waals surface area contributed by atoms with Gasteiger partial charge in [0.05, 0.1) is 18.9 Å². The van der Waals surface area contributed by atoms with Crippen LogP contribution in [0.4, 0.5) is 5.82 Å². The van der Waals surface area contributed by atoms with Crippen LogP contribution in [0.1, 0.15) is 37.1 Å². The number of ether oxygens (including phenoxy) is 1. The number of rotatable bonds is 5. The van der Waals surface area contributed by atoms with Gasteiger partial charge < -0.3 is 36.1 Å². The molecular formula is C15H21N5O5. The van der Waals surface area contributed by atoms with Crippen LogP contribution < -0.4 is 11.5 Å². The van der Waals surface area contributed by atoms with Crippen LogP contribution in [0.5, 0.6) is 0 Å². The third-order valence-corrected chi connectivity index (χ3v) is 4.11. The Kier molecular flexibility index (Phi) is 4.25. The number of carbonyl (C=O) groups is 1. The summed E-state index contributed by atoms with van der Waals surface area (Å²) in [7, 11) is 0. The molecule has 25 heavy (non-hydrogen) atoms. The van der Waals surface area contributed by atoms with Crippen LogP contribution in [0.3, 0.4) is 0 Å². The van der Waals surface area contributed by atoms with Crippen molar-refractivity contribution in [2.24, 2.45) is 5.73 Å². The van der Waals surface area contributed by atoms with E-state index < -0.39 is 37.0 Å². The molecule has 4 unspecified atom stereocenters. The number of carbonyl (C=O) groups excluding carboxylic acids is 1. The lowest BCUT2D eigenvalue weighted by Crippen LogP contribution is -2.33. The maximum Gasteiger partial charge on any atom is 0.251 e. The normalized spacial score (nSPS) is 29.9. The second-order valence-corrected chi connectivity index (χ2v) is 5.86. The topological polar surface area (TPSA) is 170 Å². The third-order valence-electron chi connectivity index (χ3n) is 4.11. The monoisotopic (exact) mass is 352 g/mol. The Balaban J connectivity index is 2.27. The highest BCUT2D eigenvalue weighted by Crippen LogP contribution is 2.34. The van der Waals surface area contributed by atoms with Crippen LogP contribution in [0.2, 0.25) is 0 Å². The number of aliphatic hydroxyl groups excluding tert-OH is 3. The van der Waals surface area contributed by atoms with E-state index in [2.05, 4.69) is 9.97 Å². The molecule has 1 amide bonds. The molecule has 10 heteroatoms. The summed E-state index contributed by atoms with van der Waals surface area (Å²) in [6.45, 7) is 1.33. The minimum Gasteiger partial charge on any atom is -0.394 e. The van der Waals surface area contributed by atoms with Gasteiger partial charge in [0.2, 0.25) is 0 Å². The molecule has 2 aromatic heterocycles. The Labute approximate surface area is 144 Å². The number of aryl methyl sites for hydroxylation is 1. The molecule has 136 valence electrons. The molecule has 4 atom stereocenters. The second kappa shape index (κ2) is 6.56. The lowest BCUT2D eigenvalue weighted by Gasteiger charge is -2.17. The zero-order valence-corrected chi connectivity index (χ0v) is 13.6. The van der Waals surface area contributed by atoms with E-state index in [9.17, 15) is 20.1 Å². The summed E-state index contributed by atoms with van der Waals surface area (Å²) in [6.07, 6.45) is -4.17. The van der Waals surface area contributed by atoms with Gasteiger partial charge in [-0.2, -0.15) is 0 Å². The number of aliphatic hydroxyl groups is 3. The van der Waals surface area contributed by atoms with E-state index >= 15 is 0 Å². The maximum absolute atomic E-state index is 11.8. The van der Waals surface area contributed by atoms with Crippen molar-refractivity contribution in [3.05, 3.63) is 17.6 Å². The Morgan fingerprint density at radius 1 is 1.44 bits per heavy atom. The molecule has 0 bridgehead atoms. The van der Waals surface area contributed by atoms with Crippen molar-refractivity contribution in [1.82, 2.24) is 14.5 Å². The van der Waals surface area contributed by atoms with Gasteiger partial charge in [0.1, 0.15) is 35.6 Å². The van der Waals surface area contributed by atoms with Gasteiger partial charge in [-0.25, -0.2) is 9.97 Å². The number of nitrogens with two attached hydrogens (primary N) is 2. The van der Waals surface area contributed by atoms with Gasteiger partial charge in [-0.05, 0) is 6.42 Å². The van der Waals surface area contributed by atoms with Gasteiger partial charge in [-0.1, -0.05) is 6.92 Å². The highest BCUT2D eigenvalue weighted by Gasteiger charge is 2.44. The van der Waals surface area contributed by atoms with Gasteiger partial charge >= 0.3 is 0 Å². The van der Waals surface area contributed by atoms with Crippen LogP contribution in [-0.2, 0) is 11.2 Å². The van der Waals surface area contributed by atoms with Crippen molar-refractivity contribution >= 4 is 22.8 Å². The maximum atomic E-state index is 11.8. The molecule has 3 heterocycles. The molecule has 1 saturated heterocycles. The first-order valence-corrected chi connectivity index (χ1v) is 7.87. The number of fused-ring (bicyclic) bond motifs is 1. The number of hydrogen-bond acceptors (Lipinski definition) is 8. The highest BCUT2D eigenvalue weighted by molar-refractivity contribution is 6.08. The SMILES string of the molecule is [2H]C1(n2cc(C(N)=O)c3c(N)nc(CCC)nc32)OC(CO)C(O)C1O. The van der Waals surface area contributed by atoms with Crippen molar-refractivity contribution in [1.29, 1.82) is 0 Å². The van der Waals surface area contributed by atoms with Crippen molar-refractivity contribution in [2.45, 2.75) is 44.3 Å². The van der Waals surface area contributed by atoms with Gasteiger partial charge in [0, 0.05) is 12.6 Å². The summed E-state index contributed by atoms with van der Waals surface area (Å²) >= 11 is 0. The first kappa shape index (κ1) is 16.2. The number of nitrogen functional groups attached to an aromatic ring is 1. The van der Waals surface area contributed by atoms with E-state index in [0.29, 0.717) is 12.2 Å². The number of hydrogen-bond donors (Lipinski definition) is 5. The fourth-order valence-corrected chi connectivity index (χ4v) is 2.88. The van der Waals surface area contributed by atoms with E-state index in [0.717, 1.165) is 11.0 Å². The van der Waals surface area contributed by atoms with Crippen LogP contribution in [0.15, 0.2) is 6.20 Å². The quantitative estimate of drug-likeness (QED) is 0.441. The van der Waals surface area contributed by atoms with Crippen molar-refractivity contribution in [3.63, 3.8) is 0 Å². The number of primary amides is 1. The fourth-order valence-electron chi connectivity index (χ4n) is 2.88. The molecule has 0 spiro atoms. The molecule has 3 rings (SSSR count). The molecule has 0 radical (unpaired) electrons. The lowest BCUT2D eigenvalue weighted by molar-refractivity contribution is -0.0509. The first-order valence-electron chi connectivity index (χ1n) is 8.37. The molecule has 0 aromatic carbocycles. The van der Waals surface area contributed by atoms with Crippen LogP contribution in [0.25, 0.3) is 11.0 Å². The standard InChI is InChI=1S/C15H21N5O5/c1-2-3-8-18-12(16)9-6(13(17)24)4-20(14(9)19-8)15-11(23)10(22)7(5-21)25-15/h4,7,10-11,15,21-23H,2-3,5H2,1H3,(H2,17,24)(H2,16,18,19)/i15D.